The van der Waals surface area contributed by atoms with Gasteiger partial charge < -0.3 is 9.47 Å². The van der Waals surface area contributed by atoms with E-state index in [1.807, 2.05) is 12.1 Å². The van der Waals surface area contributed by atoms with E-state index in [0.29, 0.717) is 36.8 Å². The second-order valence-corrected chi connectivity index (χ2v) is 11.3. The van der Waals surface area contributed by atoms with Gasteiger partial charge in [-0.3, -0.25) is 9.69 Å². The number of benzene rings is 2. The molecule has 0 bridgehead atoms. The van der Waals surface area contributed by atoms with Crippen LogP contribution in [-0.2, 0) is 9.53 Å². The third-order valence-electron chi connectivity index (χ3n) is 5.46. The van der Waals surface area contributed by atoms with Crippen molar-refractivity contribution in [3.63, 3.8) is 0 Å². The van der Waals surface area contributed by atoms with Crippen molar-refractivity contribution in [2.24, 2.45) is 0 Å². The Labute approximate surface area is 219 Å². The minimum absolute atomic E-state index is 0.0429. The van der Waals surface area contributed by atoms with Crippen LogP contribution in [0, 0.1) is 0 Å². The van der Waals surface area contributed by atoms with Crippen molar-refractivity contribution in [2.75, 3.05) is 13.2 Å². The minimum atomic E-state index is -0.551. The number of thioether (sulfide) groups is 1. The number of thiophene rings is 1. The molecule has 1 aromatic heterocycles. The zero-order valence-electron chi connectivity index (χ0n) is 17.6. The van der Waals surface area contributed by atoms with E-state index in [9.17, 15) is 9.59 Å². The monoisotopic (exact) mass is 549 g/mol. The lowest BCUT2D eigenvalue weighted by atomic mass is 10.2. The van der Waals surface area contributed by atoms with Crippen LogP contribution in [-0.4, -0.2) is 40.4 Å². The number of hydrogen-bond donors (Lipinski definition) is 0. The predicted molar refractivity (Wildman–Crippen MR) is 142 cm³/mol. The SMILES string of the molecule is O=C(Oc1ccc(/C=C2\SC(=S)N(CC3CCCO3)C2=O)cc1)c1sc2cccc(Cl)c2c1Cl. The van der Waals surface area contributed by atoms with Gasteiger partial charge >= 0.3 is 5.97 Å². The van der Waals surface area contributed by atoms with Gasteiger partial charge in [-0.1, -0.05) is 65.4 Å². The molecule has 0 spiro atoms. The molecule has 34 heavy (non-hydrogen) atoms. The van der Waals surface area contributed by atoms with Crippen molar-refractivity contribution >= 4 is 90.9 Å². The summed E-state index contributed by atoms with van der Waals surface area (Å²) in [4.78, 5) is 28.0. The molecule has 5 rings (SSSR count). The molecular weight excluding hydrogens is 533 g/mol. The molecule has 174 valence electrons. The number of halogens is 2. The third-order valence-corrected chi connectivity index (χ3v) is 8.78. The number of thiocarbonyl (C=S) groups is 1. The Morgan fingerprint density at radius 1 is 1.24 bits per heavy atom. The smallest absolute Gasteiger partial charge is 0.355 e. The molecule has 0 saturated carbocycles. The summed E-state index contributed by atoms with van der Waals surface area (Å²) in [6.07, 6.45) is 3.78. The van der Waals surface area contributed by atoms with E-state index < -0.39 is 5.97 Å². The van der Waals surface area contributed by atoms with Crippen LogP contribution in [0.3, 0.4) is 0 Å². The molecule has 0 radical (unpaired) electrons. The fourth-order valence-electron chi connectivity index (χ4n) is 3.79. The number of esters is 1. The van der Waals surface area contributed by atoms with Gasteiger partial charge in [-0.2, -0.15) is 0 Å². The highest BCUT2D eigenvalue weighted by molar-refractivity contribution is 8.26. The lowest BCUT2D eigenvalue weighted by Gasteiger charge is -2.18. The second-order valence-electron chi connectivity index (χ2n) is 7.74. The number of nitrogens with zero attached hydrogens (tertiary/aromatic N) is 1. The number of carbonyl (C=O) groups excluding carboxylic acids is 2. The third kappa shape index (κ3) is 4.76. The summed E-state index contributed by atoms with van der Waals surface area (Å²) in [7, 11) is 0. The molecule has 10 heteroatoms. The van der Waals surface area contributed by atoms with Gasteiger partial charge in [0.15, 0.2) is 0 Å². The molecule has 2 aromatic carbocycles. The van der Waals surface area contributed by atoms with Crippen molar-refractivity contribution in [1.82, 2.24) is 4.90 Å². The average molecular weight is 551 g/mol. The van der Waals surface area contributed by atoms with Crippen LogP contribution in [0.15, 0.2) is 47.4 Å². The molecule has 3 heterocycles. The first-order valence-corrected chi connectivity index (χ1v) is 13.3. The zero-order valence-corrected chi connectivity index (χ0v) is 21.5. The summed E-state index contributed by atoms with van der Waals surface area (Å²) in [6.45, 7) is 1.22. The fourth-order valence-corrected chi connectivity index (χ4v) is 6.89. The molecule has 2 aliphatic rings. The average Bonchev–Trinajstić information content (AvgIpc) is 3.51. The summed E-state index contributed by atoms with van der Waals surface area (Å²) in [5, 5.41) is 1.43. The summed E-state index contributed by atoms with van der Waals surface area (Å²) in [5.41, 5.74) is 0.795. The van der Waals surface area contributed by atoms with Crippen LogP contribution in [0.1, 0.15) is 28.1 Å². The molecule has 1 unspecified atom stereocenters. The van der Waals surface area contributed by atoms with E-state index >= 15 is 0 Å². The number of ether oxygens (including phenoxy) is 2. The first-order chi connectivity index (χ1) is 16.4. The van der Waals surface area contributed by atoms with Gasteiger partial charge in [0.05, 0.1) is 27.6 Å². The van der Waals surface area contributed by atoms with E-state index in [1.54, 1.807) is 41.3 Å². The highest BCUT2D eigenvalue weighted by Gasteiger charge is 2.34. The fraction of sp³-hybridized carbons (Fsp3) is 0.208. The summed E-state index contributed by atoms with van der Waals surface area (Å²) in [6, 6.07) is 12.3. The molecule has 2 fully saturated rings. The Morgan fingerprint density at radius 2 is 2.03 bits per heavy atom. The number of amides is 1. The van der Waals surface area contributed by atoms with Crippen LogP contribution < -0.4 is 4.74 Å². The Kier molecular flexibility index (Phi) is 6.97. The summed E-state index contributed by atoms with van der Waals surface area (Å²) < 4.78 is 12.5. The van der Waals surface area contributed by atoms with Gasteiger partial charge in [-0.15, -0.1) is 11.3 Å². The predicted octanol–water partition coefficient (Wildman–Crippen LogP) is 6.81. The lowest BCUT2D eigenvalue weighted by molar-refractivity contribution is -0.123. The molecule has 0 aliphatic carbocycles. The number of carbonyl (C=O) groups is 2. The molecular formula is C24H17Cl2NO4S3. The normalized spacial score (nSPS) is 19.5. The number of fused-ring (bicyclic) bond motifs is 1. The van der Waals surface area contributed by atoms with Crippen molar-refractivity contribution in [1.29, 1.82) is 0 Å². The second kappa shape index (κ2) is 9.97. The molecule has 1 amide bonds. The van der Waals surface area contributed by atoms with Gasteiger partial charge in [-0.05, 0) is 48.7 Å². The maximum Gasteiger partial charge on any atom is 0.355 e. The number of hydrogen-bond acceptors (Lipinski definition) is 7. The van der Waals surface area contributed by atoms with E-state index in [0.717, 1.165) is 29.7 Å². The van der Waals surface area contributed by atoms with Gasteiger partial charge in [-0.25, -0.2) is 4.79 Å². The van der Waals surface area contributed by atoms with E-state index in [2.05, 4.69) is 0 Å². The molecule has 5 nitrogen and oxygen atoms in total. The van der Waals surface area contributed by atoms with E-state index in [-0.39, 0.29) is 17.0 Å². The first-order valence-electron chi connectivity index (χ1n) is 10.5. The molecule has 3 aromatic rings. The molecule has 1 atom stereocenters. The van der Waals surface area contributed by atoms with Gasteiger partial charge in [0, 0.05) is 16.7 Å². The van der Waals surface area contributed by atoms with Crippen molar-refractivity contribution in [3.05, 3.63) is 67.9 Å². The highest BCUT2D eigenvalue weighted by Crippen LogP contribution is 2.40. The minimum Gasteiger partial charge on any atom is -0.422 e. The molecule has 2 saturated heterocycles. The van der Waals surface area contributed by atoms with E-state index in [4.69, 9.17) is 44.9 Å². The first kappa shape index (κ1) is 23.8. The lowest BCUT2D eigenvalue weighted by Crippen LogP contribution is -2.35. The van der Waals surface area contributed by atoms with E-state index in [1.165, 1.54) is 23.1 Å². The topological polar surface area (TPSA) is 55.8 Å². The largest absolute Gasteiger partial charge is 0.422 e. The molecule has 2 aliphatic heterocycles. The van der Waals surface area contributed by atoms with Crippen molar-refractivity contribution < 1.29 is 19.1 Å². The maximum absolute atomic E-state index is 12.8. The van der Waals surface area contributed by atoms with Gasteiger partial charge in [0.25, 0.3) is 5.91 Å². The Bertz CT molecular complexity index is 1330. The maximum atomic E-state index is 12.8. The van der Waals surface area contributed by atoms with Crippen molar-refractivity contribution in [2.45, 2.75) is 18.9 Å². The van der Waals surface area contributed by atoms with Crippen LogP contribution >= 0.6 is 58.5 Å². The summed E-state index contributed by atoms with van der Waals surface area (Å²) >= 11 is 20.5. The zero-order chi connectivity index (χ0) is 23.8. The van der Waals surface area contributed by atoms with Crippen molar-refractivity contribution in [3.8, 4) is 5.75 Å². The quantitative estimate of drug-likeness (QED) is 0.151. The van der Waals surface area contributed by atoms with Crippen LogP contribution in [0.5, 0.6) is 5.75 Å². The number of rotatable bonds is 5. The standard InChI is InChI=1S/C24H17Cl2NO4S3/c25-16-4-1-5-17-19(16)20(26)21(33-17)23(29)31-14-8-6-13(7-9-14)11-18-22(28)27(24(32)34-18)12-15-3-2-10-30-15/h1,4-9,11,15H,2-3,10,12H2/b18-11-. The van der Waals surface area contributed by atoms with Gasteiger partial charge in [0.1, 0.15) is 14.9 Å². The highest BCUT2D eigenvalue weighted by atomic mass is 35.5. The summed E-state index contributed by atoms with van der Waals surface area (Å²) in [5.74, 6) is -0.295. The van der Waals surface area contributed by atoms with Crippen LogP contribution in [0.4, 0.5) is 0 Å². The Balaban J connectivity index is 1.28. The Hall–Kier alpha value is -1.94. The van der Waals surface area contributed by atoms with Gasteiger partial charge in [0.2, 0.25) is 0 Å². The molecule has 0 N–H and O–H groups in total. The van der Waals surface area contributed by atoms with Crippen LogP contribution in [0.2, 0.25) is 10.0 Å². The Morgan fingerprint density at radius 3 is 2.74 bits per heavy atom. The van der Waals surface area contributed by atoms with Crippen LogP contribution in [0.25, 0.3) is 16.2 Å².